The highest BCUT2D eigenvalue weighted by Gasteiger charge is 2.23. The molecule has 2 N–H and O–H groups in total. The van der Waals surface area contributed by atoms with Gasteiger partial charge in [-0.25, -0.2) is 4.79 Å². The number of amides is 3. The van der Waals surface area contributed by atoms with Crippen molar-refractivity contribution >= 4 is 62.0 Å². The lowest BCUT2D eigenvalue weighted by molar-refractivity contribution is -0.127. The third-order valence-electron chi connectivity index (χ3n) is 15.8. The molecule has 2 saturated heterocycles. The Morgan fingerprint density at radius 2 is 0.977 bits per heavy atom. The quantitative estimate of drug-likeness (QED) is 0.0387. The third-order valence-corrected chi connectivity index (χ3v) is 15.8. The van der Waals surface area contributed by atoms with Crippen LogP contribution in [0.3, 0.4) is 0 Å². The predicted molar refractivity (Wildman–Crippen MR) is 352 cm³/mol. The second-order valence-electron chi connectivity index (χ2n) is 23.2. The molecule has 2 fully saturated rings. The fraction of sp³-hybridized carbons (Fsp3) is 0.338. The van der Waals surface area contributed by atoms with Gasteiger partial charge in [-0.2, -0.15) is 10.2 Å². The van der Waals surface area contributed by atoms with Crippen LogP contribution in [-0.2, 0) is 14.3 Å². The second-order valence-corrected chi connectivity index (χ2v) is 23.2. The standard InChI is InChI=1S/C39H46N4O4.C35H39N3O2/c1-5-34(29-13-8-6-9-14-29)37(31-18-21-35-32(27-31)28-40-41-35)30-16-19-33(20-17-30)46-26-25-43(38(45)47-39(2,3)4)24-12-15-36(44)42-22-10-7-11-23-42;1-2-32(27-13-7-5-8-14-27)35(29-18-21-33-30(25-29)26-36-37-33)28-16-19-31(20-17-28)40-24-12-4-3-9-15-34(39)38-22-10-6-11-23-38/h6,8-9,12-21,27-28H,5,7,10-11,22-26H2,1-4H3,(H,40,41);5,7-9,13-21,25-26H,2-4,6,10-12,22-24H2,1H3,(H,36,37)/b15-12+,37-34?;15-9+,35-32+. The number of carbonyl (C=O) groups excluding carboxylic acids is 3. The van der Waals surface area contributed by atoms with E-state index in [9.17, 15) is 14.4 Å². The molecule has 2 aliphatic heterocycles. The second kappa shape index (κ2) is 31.4. The molecule has 13 nitrogen and oxygen atoms in total. The smallest absolute Gasteiger partial charge is 0.410 e. The number of fused-ring (bicyclic) bond motifs is 2. The van der Waals surface area contributed by atoms with Crippen LogP contribution in [0.5, 0.6) is 11.5 Å². The zero-order chi connectivity index (χ0) is 60.8. The first kappa shape index (κ1) is 62.6. The molecule has 0 saturated carbocycles. The predicted octanol–water partition coefficient (Wildman–Crippen LogP) is 16.2. The summed E-state index contributed by atoms with van der Waals surface area (Å²) in [4.78, 5) is 43.2. The van der Waals surface area contributed by atoms with Gasteiger partial charge in [0.15, 0.2) is 0 Å². The molecule has 13 heteroatoms. The number of rotatable bonds is 22. The molecule has 8 aromatic rings. The Bertz CT molecular complexity index is 3620. The molecule has 0 aliphatic carbocycles. The normalized spacial score (nSPS) is 14.4. The summed E-state index contributed by atoms with van der Waals surface area (Å²) < 4.78 is 17.8. The van der Waals surface area contributed by atoms with E-state index in [0.29, 0.717) is 18.9 Å². The Labute approximate surface area is 513 Å². The van der Waals surface area contributed by atoms with E-state index in [1.165, 1.54) is 45.4 Å². The molecule has 3 amide bonds. The zero-order valence-corrected chi connectivity index (χ0v) is 51.4. The van der Waals surface area contributed by atoms with Crippen LogP contribution in [0.2, 0.25) is 0 Å². The average Bonchev–Trinajstić information content (AvgIpc) is 2.66. The van der Waals surface area contributed by atoms with Gasteiger partial charge in [0.2, 0.25) is 11.8 Å². The van der Waals surface area contributed by atoms with Gasteiger partial charge in [0.25, 0.3) is 0 Å². The number of carbonyl (C=O) groups is 3. The number of piperidine rings is 2. The van der Waals surface area contributed by atoms with Crippen LogP contribution in [0.1, 0.15) is 139 Å². The molecule has 4 heterocycles. The molecule has 2 aliphatic rings. The van der Waals surface area contributed by atoms with Gasteiger partial charge in [-0.15, -0.1) is 0 Å². The molecule has 0 unspecified atom stereocenters. The van der Waals surface area contributed by atoms with E-state index in [1.807, 2.05) is 67.2 Å². The van der Waals surface area contributed by atoms with Gasteiger partial charge in [-0.05, 0) is 202 Å². The monoisotopic (exact) mass is 1170 g/mol. The summed E-state index contributed by atoms with van der Waals surface area (Å²) in [5.41, 5.74) is 13.3. The summed E-state index contributed by atoms with van der Waals surface area (Å²) in [5.74, 6) is 1.73. The fourth-order valence-electron chi connectivity index (χ4n) is 11.3. The zero-order valence-electron chi connectivity index (χ0n) is 51.4. The summed E-state index contributed by atoms with van der Waals surface area (Å²) >= 11 is 0. The Morgan fingerprint density at radius 3 is 1.44 bits per heavy atom. The van der Waals surface area contributed by atoms with E-state index < -0.39 is 11.7 Å². The summed E-state index contributed by atoms with van der Waals surface area (Å²) in [6.07, 6.45) is 21.7. The summed E-state index contributed by atoms with van der Waals surface area (Å²) in [7, 11) is 0. The van der Waals surface area contributed by atoms with Crippen molar-refractivity contribution in [1.82, 2.24) is 35.1 Å². The van der Waals surface area contributed by atoms with Gasteiger partial charge in [0.05, 0.1) is 36.6 Å². The minimum Gasteiger partial charge on any atom is -0.494 e. The average molecular weight is 1170 g/mol. The highest BCUT2D eigenvalue weighted by atomic mass is 16.6. The molecule has 0 bridgehead atoms. The van der Waals surface area contributed by atoms with Crippen LogP contribution in [0.4, 0.5) is 4.79 Å². The first-order valence-electron chi connectivity index (χ1n) is 31.2. The minimum absolute atomic E-state index is 0.0122. The van der Waals surface area contributed by atoms with Crippen LogP contribution < -0.4 is 9.47 Å². The van der Waals surface area contributed by atoms with Crippen LogP contribution >= 0.6 is 0 Å². The minimum atomic E-state index is -0.635. The number of benzene rings is 6. The Balaban J connectivity index is 0.000000210. The van der Waals surface area contributed by atoms with Crippen molar-refractivity contribution in [2.45, 2.75) is 111 Å². The number of aromatic nitrogens is 4. The number of likely N-dealkylation sites (tertiary alicyclic amines) is 2. The Morgan fingerprint density at radius 1 is 0.529 bits per heavy atom. The van der Waals surface area contributed by atoms with Gasteiger partial charge < -0.3 is 28.9 Å². The molecule has 10 rings (SSSR count). The molecule has 0 spiro atoms. The highest BCUT2D eigenvalue weighted by molar-refractivity contribution is 6.02. The van der Waals surface area contributed by atoms with Gasteiger partial charge in [-0.3, -0.25) is 19.8 Å². The SMILES string of the molecule is CC/C(=C(/c1ccc(OCCCC/C=C/C(=O)N2CCCCC2)cc1)c1ccc2[nH]ncc2c1)c1ccccc1.CCC(=C(c1ccc(OCCN(C/C=C/C(=O)N2CCCCC2)C(=O)OC(C)(C)C)cc1)c1ccc2[nH]ncc2c1)c1ccccc1. The van der Waals surface area contributed by atoms with Crippen molar-refractivity contribution in [3.63, 3.8) is 0 Å². The molecule has 0 radical (unpaired) electrons. The topological polar surface area (TPSA) is 146 Å². The van der Waals surface area contributed by atoms with Crippen LogP contribution in [0.15, 0.2) is 182 Å². The van der Waals surface area contributed by atoms with Crippen molar-refractivity contribution in [3.8, 4) is 11.5 Å². The maximum atomic E-state index is 13.0. The van der Waals surface area contributed by atoms with Gasteiger partial charge in [-0.1, -0.05) is 123 Å². The van der Waals surface area contributed by atoms with E-state index in [0.717, 1.165) is 135 Å². The van der Waals surface area contributed by atoms with Gasteiger partial charge in [0, 0.05) is 49.6 Å². The van der Waals surface area contributed by atoms with E-state index >= 15 is 0 Å². The molecule has 2 aromatic heterocycles. The van der Waals surface area contributed by atoms with Crippen molar-refractivity contribution < 1.29 is 28.6 Å². The first-order valence-corrected chi connectivity index (χ1v) is 31.2. The maximum absolute atomic E-state index is 13.0. The number of H-pyrrole nitrogens is 2. The number of ether oxygens (including phenoxy) is 3. The van der Waals surface area contributed by atoms with Crippen molar-refractivity contribution in [2.75, 3.05) is 52.5 Å². The van der Waals surface area contributed by atoms with Crippen molar-refractivity contribution in [2.24, 2.45) is 0 Å². The summed E-state index contributed by atoms with van der Waals surface area (Å²) in [6.45, 7) is 14.8. The fourth-order valence-corrected chi connectivity index (χ4v) is 11.3. The first-order chi connectivity index (χ1) is 42.4. The number of nitrogens with zero attached hydrogens (tertiary/aromatic N) is 5. The third kappa shape index (κ3) is 17.8. The number of hydrogen-bond donors (Lipinski definition) is 2. The Kier molecular flexibility index (Phi) is 22.6. The molecule has 452 valence electrons. The Hall–Kier alpha value is -8.97. The van der Waals surface area contributed by atoms with Crippen molar-refractivity contribution in [1.29, 1.82) is 0 Å². The maximum Gasteiger partial charge on any atom is 0.410 e. The van der Waals surface area contributed by atoms with Crippen molar-refractivity contribution in [3.05, 3.63) is 216 Å². The van der Waals surface area contributed by atoms with Gasteiger partial charge in [0.1, 0.15) is 23.7 Å². The number of allylic oxidation sites excluding steroid dienone is 3. The number of aromatic amines is 2. The highest BCUT2D eigenvalue weighted by Crippen LogP contribution is 2.38. The summed E-state index contributed by atoms with van der Waals surface area (Å²) in [6, 6.07) is 50.6. The number of unbranched alkanes of at least 4 members (excludes halogenated alkanes) is 2. The molecular weight excluding hydrogens is 1080 g/mol. The van der Waals surface area contributed by atoms with E-state index in [-0.39, 0.29) is 25.0 Å². The lowest BCUT2D eigenvalue weighted by Gasteiger charge is -2.27. The largest absolute Gasteiger partial charge is 0.494 e. The van der Waals surface area contributed by atoms with Gasteiger partial charge >= 0.3 is 6.09 Å². The van der Waals surface area contributed by atoms with Crippen LogP contribution in [-0.4, -0.2) is 111 Å². The van der Waals surface area contributed by atoms with Crippen LogP contribution in [0.25, 0.3) is 44.1 Å². The molecule has 6 aromatic carbocycles. The van der Waals surface area contributed by atoms with E-state index in [4.69, 9.17) is 14.2 Å². The van der Waals surface area contributed by atoms with Crippen LogP contribution in [0, 0.1) is 0 Å². The molecule has 0 atom stereocenters. The number of nitrogens with one attached hydrogen (secondary N) is 2. The lowest BCUT2D eigenvalue weighted by Crippen LogP contribution is -2.39. The summed E-state index contributed by atoms with van der Waals surface area (Å²) in [5, 5.41) is 16.7. The van der Waals surface area contributed by atoms with E-state index in [2.05, 4.69) is 162 Å². The van der Waals surface area contributed by atoms with E-state index in [1.54, 1.807) is 23.1 Å². The number of hydrogen-bond acceptors (Lipinski definition) is 8. The molecular formula is C74H85N7O6. The lowest BCUT2D eigenvalue weighted by atomic mass is 9.88. The molecule has 87 heavy (non-hydrogen) atoms.